The highest BCUT2D eigenvalue weighted by atomic mass is 32.1. The predicted molar refractivity (Wildman–Crippen MR) is 105 cm³/mol. The SMILES string of the molecule is Cc1ccc(-c2c(C)sc(NC(=O)NC3CCCCC3)c2C(=O)O)cc1. The largest absolute Gasteiger partial charge is 0.478 e. The van der Waals surface area contributed by atoms with E-state index in [2.05, 4.69) is 10.6 Å². The second-order valence-corrected chi connectivity index (χ2v) is 8.07. The summed E-state index contributed by atoms with van der Waals surface area (Å²) in [4.78, 5) is 25.1. The molecule has 1 saturated carbocycles. The number of carbonyl (C=O) groups excluding carboxylic acids is 1. The van der Waals surface area contributed by atoms with Gasteiger partial charge in [0.15, 0.2) is 0 Å². The quantitative estimate of drug-likeness (QED) is 0.691. The second kappa shape index (κ2) is 7.91. The number of aryl methyl sites for hydroxylation is 2. The van der Waals surface area contributed by atoms with E-state index in [9.17, 15) is 14.7 Å². The summed E-state index contributed by atoms with van der Waals surface area (Å²) in [7, 11) is 0. The average Bonchev–Trinajstić information content (AvgIpc) is 2.92. The van der Waals surface area contributed by atoms with Crippen LogP contribution in [-0.4, -0.2) is 23.1 Å². The summed E-state index contributed by atoms with van der Waals surface area (Å²) < 4.78 is 0. The summed E-state index contributed by atoms with van der Waals surface area (Å²) in [6.07, 6.45) is 5.43. The maximum Gasteiger partial charge on any atom is 0.339 e. The Morgan fingerprint density at radius 1 is 1.08 bits per heavy atom. The number of carboxylic acids is 1. The first kappa shape index (κ1) is 18.5. The van der Waals surface area contributed by atoms with Gasteiger partial charge in [0.2, 0.25) is 0 Å². The normalized spacial score (nSPS) is 14.8. The van der Waals surface area contributed by atoms with Gasteiger partial charge >= 0.3 is 12.0 Å². The van der Waals surface area contributed by atoms with Crippen LogP contribution < -0.4 is 10.6 Å². The van der Waals surface area contributed by atoms with Crippen molar-refractivity contribution in [2.24, 2.45) is 0 Å². The van der Waals surface area contributed by atoms with Crippen molar-refractivity contribution in [3.8, 4) is 11.1 Å². The minimum Gasteiger partial charge on any atom is -0.478 e. The van der Waals surface area contributed by atoms with Crippen LogP contribution in [0.4, 0.5) is 9.80 Å². The molecule has 0 spiro atoms. The molecule has 1 aliphatic rings. The van der Waals surface area contributed by atoms with E-state index in [0.717, 1.165) is 41.7 Å². The first-order valence-electron chi connectivity index (χ1n) is 8.97. The fourth-order valence-corrected chi connectivity index (χ4v) is 4.54. The predicted octanol–water partition coefficient (Wildman–Crippen LogP) is 5.18. The van der Waals surface area contributed by atoms with Crippen molar-refractivity contribution in [1.29, 1.82) is 0 Å². The minimum atomic E-state index is -1.03. The molecule has 0 atom stereocenters. The molecule has 138 valence electrons. The van der Waals surface area contributed by atoms with Gasteiger partial charge in [0.05, 0.1) is 0 Å². The lowest BCUT2D eigenvalue weighted by atomic mass is 9.96. The van der Waals surface area contributed by atoms with Crippen LogP contribution in [0.5, 0.6) is 0 Å². The summed E-state index contributed by atoms with van der Waals surface area (Å²) >= 11 is 1.31. The Kier molecular flexibility index (Phi) is 5.61. The highest BCUT2D eigenvalue weighted by Crippen LogP contribution is 2.40. The summed E-state index contributed by atoms with van der Waals surface area (Å²) in [5, 5.41) is 15.9. The third kappa shape index (κ3) is 4.07. The van der Waals surface area contributed by atoms with E-state index in [1.165, 1.54) is 17.8 Å². The Hall–Kier alpha value is -2.34. The van der Waals surface area contributed by atoms with Crippen LogP contribution in [0, 0.1) is 13.8 Å². The molecule has 3 rings (SSSR count). The highest BCUT2D eigenvalue weighted by molar-refractivity contribution is 7.17. The molecule has 1 fully saturated rings. The maximum absolute atomic E-state index is 12.3. The number of benzene rings is 1. The van der Waals surface area contributed by atoms with Crippen molar-refractivity contribution < 1.29 is 14.7 Å². The van der Waals surface area contributed by atoms with E-state index in [1.807, 2.05) is 38.1 Å². The number of hydrogen-bond acceptors (Lipinski definition) is 3. The highest BCUT2D eigenvalue weighted by Gasteiger charge is 2.25. The zero-order valence-electron chi connectivity index (χ0n) is 15.1. The van der Waals surface area contributed by atoms with Crippen molar-refractivity contribution in [3.63, 3.8) is 0 Å². The molecule has 0 radical (unpaired) electrons. The summed E-state index contributed by atoms with van der Waals surface area (Å²) in [6, 6.07) is 7.61. The van der Waals surface area contributed by atoms with Gasteiger partial charge in [-0.05, 0) is 32.3 Å². The Bertz CT molecular complexity index is 805. The second-order valence-electron chi connectivity index (χ2n) is 6.84. The van der Waals surface area contributed by atoms with Gasteiger partial charge in [-0.1, -0.05) is 49.1 Å². The van der Waals surface area contributed by atoms with Crippen molar-refractivity contribution in [2.45, 2.75) is 52.0 Å². The average molecular weight is 372 g/mol. The topological polar surface area (TPSA) is 78.4 Å². The molecule has 2 aromatic rings. The van der Waals surface area contributed by atoms with Gasteiger partial charge in [-0.3, -0.25) is 5.32 Å². The number of aromatic carboxylic acids is 1. The zero-order chi connectivity index (χ0) is 18.7. The number of nitrogens with one attached hydrogen (secondary N) is 2. The Labute approximate surface area is 157 Å². The third-order valence-corrected chi connectivity index (χ3v) is 5.83. The van der Waals surface area contributed by atoms with E-state index in [-0.39, 0.29) is 17.6 Å². The minimum absolute atomic E-state index is 0.162. The molecule has 6 heteroatoms. The molecule has 1 heterocycles. The van der Waals surface area contributed by atoms with Crippen LogP contribution >= 0.6 is 11.3 Å². The van der Waals surface area contributed by atoms with Gasteiger partial charge in [-0.15, -0.1) is 11.3 Å². The summed E-state index contributed by atoms with van der Waals surface area (Å²) in [5.41, 5.74) is 2.80. The molecule has 1 aromatic heterocycles. The van der Waals surface area contributed by atoms with Crippen LogP contribution in [0.3, 0.4) is 0 Å². The van der Waals surface area contributed by atoms with Gasteiger partial charge in [0.25, 0.3) is 0 Å². The number of hydrogen-bond donors (Lipinski definition) is 3. The van der Waals surface area contributed by atoms with E-state index < -0.39 is 5.97 Å². The first-order valence-corrected chi connectivity index (χ1v) is 9.78. The Morgan fingerprint density at radius 3 is 2.35 bits per heavy atom. The van der Waals surface area contributed by atoms with Gasteiger partial charge in [0.1, 0.15) is 10.6 Å². The lowest BCUT2D eigenvalue weighted by Gasteiger charge is -2.22. The smallest absolute Gasteiger partial charge is 0.339 e. The molecule has 26 heavy (non-hydrogen) atoms. The van der Waals surface area contributed by atoms with E-state index in [0.29, 0.717) is 10.6 Å². The summed E-state index contributed by atoms with van der Waals surface area (Å²) in [6.45, 7) is 3.88. The van der Waals surface area contributed by atoms with Crippen molar-refractivity contribution in [3.05, 3.63) is 40.3 Å². The number of rotatable bonds is 4. The van der Waals surface area contributed by atoms with Gasteiger partial charge in [-0.25, -0.2) is 9.59 Å². The summed E-state index contributed by atoms with van der Waals surface area (Å²) in [5.74, 6) is -1.03. The van der Waals surface area contributed by atoms with Crippen LogP contribution in [0.15, 0.2) is 24.3 Å². The standard InChI is InChI=1S/C20H24N2O3S/c1-12-8-10-14(11-9-12)16-13(2)26-18(17(16)19(23)24)22-20(25)21-15-6-4-3-5-7-15/h8-11,15H,3-7H2,1-2H3,(H,23,24)(H2,21,22,25). The molecule has 2 amide bonds. The molecule has 5 nitrogen and oxygen atoms in total. The molecule has 0 bridgehead atoms. The lowest BCUT2D eigenvalue weighted by Crippen LogP contribution is -2.39. The van der Waals surface area contributed by atoms with Gasteiger partial charge < -0.3 is 10.4 Å². The fourth-order valence-electron chi connectivity index (χ4n) is 3.48. The third-order valence-electron chi connectivity index (χ3n) is 4.81. The maximum atomic E-state index is 12.3. The van der Waals surface area contributed by atoms with E-state index >= 15 is 0 Å². The van der Waals surface area contributed by atoms with Crippen LogP contribution in [-0.2, 0) is 0 Å². The van der Waals surface area contributed by atoms with E-state index in [1.54, 1.807) is 0 Å². The number of thiophene rings is 1. The number of carboxylic acid groups (broad SMARTS) is 1. The molecule has 0 saturated heterocycles. The van der Waals surface area contributed by atoms with Crippen LogP contribution in [0.1, 0.15) is 52.9 Å². The molecular weight excluding hydrogens is 348 g/mol. The molecule has 1 aliphatic carbocycles. The molecular formula is C20H24N2O3S. The number of amides is 2. The Balaban J connectivity index is 1.85. The Morgan fingerprint density at radius 2 is 1.73 bits per heavy atom. The zero-order valence-corrected chi connectivity index (χ0v) is 15.9. The van der Waals surface area contributed by atoms with E-state index in [4.69, 9.17) is 0 Å². The molecule has 0 aliphatic heterocycles. The number of urea groups is 1. The molecule has 0 unspecified atom stereocenters. The molecule has 1 aromatic carbocycles. The van der Waals surface area contributed by atoms with Gasteiger partial charge in [0, 0.05) is 16.5 Å². The van der Waals surface area contributed by atoms with Crippen molar-refractivity contribution in [2.75, 3.05) is 5.32 Å². The first-order chi connectivity index (χ1) is 12.5. The van der Waals surface area contributed by atoms with Crippen molar-refractivity contribution >= 4 is 28.3 Å². The fraction of sp³-hybridized carbons (Fsp3) is 0.400. The lowest BCUT2D eigenvalue weighted by molar-refractivity contribution is 0.0699. The van der Waals surface area contributed by atoms with Crippen molar-refractivity contribution in [1.82, 2.24) is 5.32 Å². The van der Waals surface area contributed by atoms with Crippen LogP contribution in [0.2, 0.25) is 0 Å². The van der Waals surface area contributed by atoms with Gasteiger partial charge in [-0.2, -0.15) is 0 Å². The number of carbonyl (C=O) groups is 2. The monoisotopic (exact) mass is 372 g/mol. The van der Waals surface area contributed by atoms with Crippen LogP contribution in [0.25, 0.3) is 11.1 Å². The molecule has 3 N–H and O–H groups in total. The number of anilines is 1.